The van der Waals surface area contributed by atoms with Gasteiger partial charge in [0.2, 0.25) is 82.7 Å². The Morgan fingerprint density at radius 3 is 1.24 bits per heavy atom. The summed E-state index contributed by atoms with van der Waals surface area (Å²) in [6.07, 6.45) is -7.84. The molecule has 2 fully saturated rings. The maximum atomic E-state index is 15.0. The Bertz CT molecular complexity index is 5480. The van der Waals surface area contributed by atoms with Crippen molar-refractivity contribution in [3.05, 3.63) is 47.5 Å². The minimum absolute atomic E-state index is 0.0254. The second-order valence-electron chi connectivity index (χ2n) is 39.5. The van der Waals surface area contributed by atoms with Crippen LogP contribution >= 0.6 is 43.2 Å². The zero-order valence-electron chi connectivity index (χ0n) is 85.5. The molecule has 51 heteroatoms. The molecular weight excluding hydrogens is 2060 g/mol. The number of H-pyrrole nitrogens is 2. The zero-order valence-corrected chi connectivity index (χ0v) is 90.4. The van der Waals surface area contributed by atoms with Crippen LogP contribution in [-0.2, 0) is 121 Å². The van der Waals surface area contributed by atoms with Crippen LogP contribution in [0.4, 0.5) is 0 Å². The topological polar surface area (TPSA) is 704 Å². The number of amides is 14. The van der Waals surface area contributed by atoms with Crippen LogP contribution < -0.4 is 79.4 Å². The number of ketones is 4. The van der Waals surface area contributed by atoms with Gasteiger partial charge in [-0.05, 0) is 78.8 Å². The van der Waals surface area contributed by atoms with E-state index in [0.29, 0.717) is 77.1 Å². The summed E-state index contributed by atoms with van der Waals surface area (Å²) < 4.78 is 42.2. The fourth-order valence-corrected chi connectivity index (χ4v) is 25.1. The first-order valence-corrected chi connectivity index (χ1v) is 58.0. The van der Waals surface area contributed by atoms with Gasteiger partial charge in [-0.1, -0.05) is 132 Å². The predicted octanol–water partition coefficient (Wildman–Crippen LogP) is -1.54. The highest BCUT2D eigenvalue weighted by molar-refractivity contribution is 8.77. The van der Waals surface area contributed by atoms with E-state index < -0.39 is 350 Å². The molecular formula is C98H145N17O28S6. The number of Topliss-reactive ketones (excluding diaryl/α,β-unsaturated/α-hetero) is 4. The van der Waals surface area contributed by atoms with Crippen LogP contribution in [0.1, 0.15) is 164 Å². The van der Waals surface area contributed by atoms with Gasteiger partial charge in [-0.25, -0.2) is 0 Å². The number of rotatable bonds is 33. The van der Waals surface area contributed by atoms with Gasteiger partial charge in [0.15, 0.2) is 23.1 Å². The van der Waals surface area contributed by atoms with Crippen molar-refractivity contribution in [3.63, 3.8) is 0 Å². The minimum atomic E-state index is -2.30. The second kappa shape index (κ2) is 59.2. The Morgan fingerprint density at radius 2 is 0.852 bits per heavy atom. The van der Waals surface area contributed by atoms with Crippen molar-refractivity contribution in [2.45, 2.75) is 254 Å². The number of aliphatic hydroxyl groups excluding tert-OH is 6. The molecule has 23 N–H and O–H groups in total. The highest BCUT2D eigenvalue weighted by Crippen LogP contribution is 2.38. The fraction of sp³-hybridized carbons (Fsp3) is 0.653. The van der Waals surface area contributed by atoms with Crippen LogP contribution in [0.3, 0.4) is 0 Å². The average Bonchev–Trinajstić information content (AvgIpc) is 1.63. The number of primary amides is 2. The van der Waals surface area contributed by atoms with Crippen molar-refractivity contribution in [2.24, 2.45) is 64.7 Å². The van der Waals surface area contributed by atoms with E-state index in [1.54, 1.807) is 96.5 Å². The molecule has 826 valence electrons. The van der Waals surface area contributed by atoms with Crippen molar-refractivity contribution in [1.29, 1.82) is 0 Å². The van der Waals surface area contributed by atoms with Crippen LogP contribution in [0.5, 0.6) is 11.5 Å². The van der Waals surface area contributed by atoms with E-state index in [0.717, 1.165) is 52.9 Å². The number of carbonyl (C=O) groups is 18. The molecule has 10 rings (SSSR count). The first-order valence-electron chi connectivity index (χ1n) is 50.4. The lowest BCUT2D eigenvalue weighted by molar-refractivity contribution is -0.145. The highest BCUT2D eigenvalue weighted by Gasteiger charge is 2.49. The molecule has 6 aliphatic rings. The molecule has 0 spiro atoms. The van der Waals surface area contributed by atoms with Gasteiger partial charge in [-0.3, -0.25) is 94.7 Å². The molecule has 22 atom stereocenters. The van der Waals surface area contributed by atoms with Gasteiger partial charge in [0.25, 0.3) is 0 Å². The molecule has 0 saturated carbocycles. The lowest BCUT2D eigenvalue weighted by Crippen LogP contribution is -2.56. The first-order chi connectivity index (χ1) is 70.7. The van der Waals surface area contributed by atoms with E-state index in [9.17, 15) is 121 Å². The molecule has 149 heavy (non-hydrogen) atoms. The largest absolute Gasteiger partial charge is 0.493 e. The van der Waals surface area contributed by atoms with Gasteiger partial charge in [0.05, 0.1) is 157 Å². The number of aromatic amines is 2. The SMILES string of the molecule is CC[C@H](C)[C@@H]1NC(=O)CNC(=O)[C@H]2CC(=O)[C@H]([C@@H](C)[C@@H](O)CO)NC(=O)[C@@H]3CC(O)CN3C(=O)[C@H](CC(N)=O)CC(=O)C(C[S@@](=O)c3[nH]c4cc(OCCCSSCCCC(C)C)ccc4c3C2)NC(=O)CNC1=O.CC[C@H](C)[C@@H]1NC(=O)CNC(=O)[C@H]2CC(=O)[C@H]([C@@H](C)[C@@H](O)CO)NC(=O)[C@@H]3CC(O)CN3C(=O)[C@H](CC(N)=O)CC(=O)C(C[S@@](=O)c3[nH]c4cc(OCCSSCCNC(C)C)ccc4c3C2)NC(=O)CNC1=O. The third-order valence-corrected chi connectivity index (χ3v) is 35.0. The van der Waals surface area contributed by atoms with Gasteiger partial charge in [0, 0.05) is 147 Å². The van der Waals surface area contributed by atoms with E-state index in [2.05, 4.69) is 96.1 Å². The van der Waals surface area contributed by atoms with E-state index in [1.807, 2.05) is 10.8 Å². The van der Waals surface area contributed by atoms with Gasteiger partial charge < -0.3 is 130 Å². The summed E-state index contributed by atoms with van der Waals surface area (Å²) in [4.78, 5) is 260. The van der Waals surface area contributed by atoms with Gasteiger partial charge in [-0.15, -0.1) is 0 Å². The van der Waals surface area contributed by atoms with Crippen molar-refractivity contribution in [1.82, 2.24) is 78.3 Å². The van der Waals surface area contributed by atoms with Gasteiger partial charge in [0.1, 0.15) is 45.7 Å². The molecule has 4 aromatic rings. The number of nitrogens with one attached hydrogen (secondary N) is 13. The normalized spacial score (nSPS) is 26.4. The molecule has 4 bridgehead atoms. The van der Waals surface area contributed by atoms with Crippen LogP contribution in [0.15, 0.2) is 46.5 Å². The van der Waals surface area contributed by atoms with Crippen LogP contribution in [0.2, 0.25) is 0 Å². The van der Waals surface area contributed by atoms with Crippen molar-refractivity contribution in [3.8, 4) is 11.5 Å². The molecule has 0 radical (unpaired) electrons. The maximum Gasteiger partial charge on any atom is 0.243 e. The van der Waals surface area contributed by atoms with Gasteiger partial charge in [-0.2, -0.15) is 0 Å². The summed E-state index contributed by atoms with van der Waals surface area (Å²) in [7, 11) is 2.32. The molecule has 14 amide bonds. The van der Waals surface area contributed by atoms with E-state index in [4.69, 9.17) is 20.9 Å². The third kappa shape index (κ3) is 35.7. The number of benzene rings is 2. The van der Waals surface area contributed by atoms with Crippen molar-refractivity contribution in [2.75, 3.05) is 107 Å². The monoisotopic (exact) mass is 2200 g/mol. The van der Waals surface area contributed by atoms with E-state index >= 15 is 4.21 Å². The first kappa shape index (κ1) is 122. The molecule has 6 aliphatic heterocycles. The Morgan fingerprint density at radius 1 is 0.470 bits per heavy atom. The predicted molar refractivity (Wildman–Crippen MR) is 559 cm³/mol. The molecule has 45 nitrogen and oxygen atoms in total. The summed E-state index contributed by atoms with van der Waals surface area (Å²) >= 11 is 0. The number of aliphatic hydroxyl groups is 6. The summed E-state index contributed by atoms with van der Waals surface area (Å²) in [5.74, 6) is -21.8. The number of fused-ring (bicyclic) bond motifs is 10. The number of nitrogens with two attached hydrogens (primary N) is 2. The van der Waals surface area contributed by atoms with E-state index in [-0.39, 0.29) is 46.9 Å². The Labute approximate surface area is 884 Å². The van der Waals surface area contributed by atoms with Crippen LogP contribution in [-0.4, -0.2) is 350 Å². The summed E-state index contributed by atoms with van der Waals surface area (Å²) in [5.41, 5.74) is 12.4. The fourth-order valence-electron chi connectivity index (χ4n) is 18.4. The lowest BCUT2D eigenvalue weighted by atomic mass is 9.85. The summed E-state index contributed by atoms with van der Waals surface area (Å²) in [6, 6.07) is -1.69. The standard InChI is InChI=1S/C50H74N8O14S3.C48H71N9O14S3/c1-6-27(4)44-48(69)53-21-42(65)54-36-25-75(71)49-34(33-11-10-32(20-35(33)55-49)72-12-8-14-74-73-13-7-9-26(2)3)15-29(46(67)52-22-43(66)56-44)16-39(62)45(28(5)40(63)24-59)57-47(68)37-19-31(60)23-58(37)50(70)30(17-38(36)61)18-41(51)64;1-6-25(4)42-46(68)52-19-40(64)53-34-23-74(70)47-32(31-8-7-30(18-33(31)54-47)71-10-12-73-72-11-9-50-24(2)3)13-27(44(66)51-20-41(65)55-42)14-37(61)43(26(5)38(62)22-58)56-45(67)35-17-29(59)21-57(35)48(69)28(15-36(34)60)16-39(49)63/h10-11,20,26-31,36-37,40,44-45,55,59-60,63H,6-9,12-19,21-25H2,1-5H3,(H2,51,64)(H,52,67)(H,53,69)(H,54,65)(H,56,66)(H,57,68);7-8,18,24-29,34-35,38,42-43,50,54,58-59,62H,6,9-17,19-23H2,1-5H3,(H2,49,63)(H,51,66)(H,52,68)(H,53,64)(H,55,65)(H,56,67)/t27-,28-,29+,30-,31?,36?,37-,40-,44-,45-,75+;25-,26-,27+,28-,29?,34?,35-,38-,42-,43-,74+/m00/s1. The van der Waals surface area contributed by atoms with Crippen molar-refractivity contribution < 1.29 is 135 Å². The summed E-state index contributed by atoms with van der Waals surface area (Å²) in [6.45, 7) is 14.3. The quantitative estimate of drug-likeness (QED) is 0.0190. The number of aromatic nitrogens is 2. The third-order valence-electron chi connectivity index (χ3n) is 27.2. The number of hydrogen-bond donors (Lipinski definition) is 21. The zero-order chi connectivity index (χ0) is 109. The molecule has 4 unspecified atom stereocenters. The molecule has 8 heterocycles. The lowest BCUT2D eigenvalue weighted by Gasteiger charge is -2.32. The van der Waals surface area contributed by atoms with Crippen LogP contribution in [0, 0.1) is 53.3 Å². The second-order valence-corrected chi connectivity index (χ2v) is 47.7. The minimum Gasteiger partial charge on any atom is -0.493 e. The molecule has 0 aliphatic carbocycles. The Kier molecular flexibility index (Phi) is 48.6. The number of nitrogens with zero attached hydrogens (tertiary/aromatic N) is 2. The Hall–Kier alpha value is -10.2. The maximum absolute atomic E-state index is 15.0. The highest BCUT2D eigenvalue weighted by atomic mass is 33.1. The number of carbonyl (C=O) groups excluding carboxylic acids is 18. The molecule has 2 aromatic heterocycles. The van der Waals surface area contributed by atoms with E-state index in [1.165, 1.54) is 13.8 Å². The summed E-state index contributed by atoms with van der Waals surface area (Å²) in [5, 5.41) is 93.1. The smallest absolute Gasteiger partial charge is 0.243 e. The van der Waals surface area contributed by atoms with Gasteiger partial charge >= 0.3 is 0 Å². The molecule has 2 aromatic carbocycles. The van der Waals surface area contributed by atoms with Crippen molar-refractivity contribution >= 4 is 192 Å². The van der Waals surface area contributed by atoms with Crippen LogP contribution in [0.25, 0.3) is 21.8 Å². The Balaban J connectivity index is 0.000000331. The average molecular weight is 2200 g/mol. The number of hydrogen-bond acceptors (Lipinski definition) is 33. The molecule has 2 saturated heterocycles. The number of ether oxygens (including phenoxy) is 2.